The Morgan fingerprint density at radius 1 is 1.11 bits per heavy atom. The topological polar surface area (TPSA) is 72.0 Å². The highest BCUT2D eigenvalue weighted by molar-refractivity contribution is 7.92. The van der Waals surface area contributed by atoms with E-state index in [1.54, 1.807) is 6.07 Å². The van der Waals surface area contributed by atoms with Gasteiger partial charge in [0.1, 0.15) is 10.0 Å². The fourth-order valence-electron chi connectivity index (χ4n) is 1.20. The third-order valence-corrected chi connectivity index (χ3v) is 4.37. The van der Waals surface area contributed by atoms with Gasteiger partial charge in [-0.3, -0.25) is 4.72 Å². The lowest BCUT2D eigenvalue weighted by Gasteiger charge is -2.08. The SMILES string of the molecule is O=S(=O)(Nc1ncccc1Cl)c1cnc(Cl)c(Cl)c1. The Morgan fingerprint density at radius 3 is 2.47 bits per heavy atom. The van der Waals surface area contributed by atoms with Crippen molar-refractivity contribution >= 4 is 50.6 Å². The van der Waals surface area contributed by atoms with Gasteiger partial charge < -0.3 is 0 Å². The Labute approximate surface area is 124 Å². The predicted molar refractivity (Wildman–Crippen MR) is 74.3 cm³/mol. The second-order valence-electron chi connectivity index (χ2n) is 3.38. The molecule has 2 rings (SSSR count). The zero-order valence-corrected chi connectivity index (χ0v) is 12.2. The van der Waals surface area contributed by atoms with Gasteiger partial charge in [-0.2, -0.15) is 0 Å². The van der Waals surface area contributed by atoms with Crippen molar-refractivity contribution in [3.05, 3.63) is 45.8 Å². The second kappa shape index (κ2) is 5.50. The molecule has 2 aromatic rings. The van der Waals surface area contributed by atoms with Gasteiger partial charge in [0.05, 0.1) is 10.0 Å². The third kappa shape index (κ3) is 3.27. The summed E-state index contributed by atoms with van der Waals surface area (Å²) in [6.45, 7) is 0. The van der Waals surface area contributed by atoms with Crippen LogP contribution in [0.15, 0.2) is 35.5 Å². The minimum absolute atomic E-state index is 0.0234. The fourth-order valence-corrected chi connectivity index (χ4v) is 2.76. The number of rotatable bonds is 3. The lowest BCUT2D eigenvalue weighted by Crippen LogP contribution is -2.14. The van der Waals surface area contributed by atoms with Gasteiger partial charge in [0.25, 0.3) is 10.0 Å². The number of nitrogens with zero attached hydrogens (tertiary/aromatic N) is 2. The van der Waals surface area contributed by atoms with Gasteiger partial charge in [-0.05, 0) is 18.2 Å². The number of sulfonamides is 1. The van der Waals surface area contributed by atoms with E-state index in [9.17, 15) is 8.42 Å². The molecule has 9 heteroatoms. The molecular formula is C10H6Cl3N3O2S. The Hall–Kier alpha value is -1.08. The number of halogens is 3. The summed E-state index contributed by atoms with van der Waals surface area (Å²) in [5.41, 5.74) is 0. The summed E-state index contributed by atoms with van der Waals surface area (Å²) in [5.74, 6) is 0.0234. The Balaban J connectivity index is 2.38. The summed E-state index contributed by atoms with van der Waals surface area (Å²) in [7, 11) is -3.88. The van der Waals surface area contributed by atoms with E-state index in [-0.39, 0.29) is 25.9 Å². The molecule has 0 aliphatic heterocycles. The smallest absolute Gasteiger partial charge is 0.262 e. The van der Waals surface area contributed by atoms with Crippen molar-refractivity contribution < 1.29 is 8.42 Å². The minimum atomic E-state index is -3.88. The van der Waals surface area contributed by atoms with Crippen LogP contribution in [-0.4, -0.2) is 18.4 Å². The summed E-state index contributed by atoms with van der Waals surface area (Å²) < 4.78 is 26.4. The van der Waals surface area contributed by atoms with Crippen molar-refractivity contribution in [1.29, 1.82) is 0 Å². The van der Waals surface area contributed by atoms with Crippen LogP contribution in [0.3, 0.4) is 0 Å². The van der Waals surface area contributed by atoms with Crippen molar-refractivity contribution in [1.82, 2.24) is 9.97 Å². The van der Waals surface area contributed by atoms with E-state index in [1.807, 2.05) is 0 Å². The maximum absolute atomic E-state index is 12.1. The first-order valence-electron chi connectivity index (χ1n) is 4.84. The molecule has 100 valence electrons. The molecule has 1 N–H and O–H groups in total. The first kappa shape index (κ1) is 14.3. The number of aromatic nitrogens is 2. The van der Waals surface area contributed by atoms with Crippen molar-refractivity contribution in [2.24, 2.45) is 0 Å². The highest BCUT2D eigenvalue weighted by Gasteiger charge is 2.18. The average molecular weight is 339 g/mol. The standard InChI is InChI=1S/C10H6Cl3N3O2S/c11-7-2-1-3-14-10(7)16-19(17,18)6-4-8(12)9(13)15-5-6/h1-5H,(H,14,16). The lowest BCUT2D eigenvalue weighted by atomic mass is 10.5. The summed E-state index contributed by atoms with van der Waals surface area (Å²) in [6, 6.07) is 4.29. The van der Waals surface area contributed by atoms with Gasteiger partial charge in [0.15, 0.2) is 5.82 Å². The van der Waals surface area contributed by atoms with Crippen LogP contribution in [0.1, 0.15) is 0 Å². The van der Waals surface area contributed by atoms with Crippen molar-refractivity contribution in [2.45, 2.75) is 4.90 Å². The third-order valence-electron chi connectivity index (χ3n) is 2.07. The molecule has 0 unspecified atom stereocenters. The summed E-state index contributed by atoms with van der Waals surface area (Å²) >= 11 is 17.2. The van der Waals surface area contributed by atoms with E-state index in [1.165, 1.54) is 18.3 Å². The van der Waals surface area contributed by atoms with Gasteiger partial charge in [-0.1, -0.05) is 34.8 Å². The molecule has 2 aromatic heterocycles. The molecule has 0 radical (unpaired) electrons. The van der Waals surface area contributed by atoms with Crippen LogP contribution in [0.4, 0.5) is 5.82 Å². The summed E-state index contributed by atoms with van der Waals surface area (Å²) in [5, 5.41) is 0.243. The molecule has 0 aliphatic carbocycles. The number of pyridine rings is 2. The zero-order chi connectivity index (χ0) is 14.0. The Kier molecular flexibility index (Phi) is 4.15. The first-order chi connectivity index (χ1) is 8.90. The predicted octanol–water partition coefficient (Wildman–Crippen LogP) is 3.24. The molecule has 0 aliphatic rings. The van der Waals surface area contributed by atoms with E-state index < -0.39 is 10.0 Å². The Bertz CT molecular complexity index is 722. The number of hydrogen-bond acceptors (Lipinski definition) is 4. The number of anilines is 1. The maximum atomic E-state index is 12.1. The average Bonchev–Trinajstić information content (AvgIpc) is 2.35. The summed E-state index contributed by atoms with van der Waals surface area (Å²) in [4.78, 5) is 7.36. The minimum Gasteiger partial charge on any atom is -0.262 e. The van der Waals surface area contributed by atoms with E-state index in [4.69, 9.17) is 34.8 Å². The monoisotopic (exact) mass is 337 g/mol. The molecule has 0 saturated heterocycles. The van der Waals surface area contributed by atoms with Gasteiger partial charge in [-0.25, -0.2) is 18.4 Å². The molecule has 0 atom stereocenters. The second-order valence-corrected chi connectivity index (χ2v) is 6.24. The van der Waals surface area contributed by atoms with Gasteiger partial charge >= 0.3 is 0 Å². The normalized spacial score (nSPS) is 11.3. The number of nitrogens with one attached hydrogen (secondary N) is 1. The molecule has 0 saturated carbocycles. The largest absolute Gasteiger partial charge is 0.264 e. The van der Waals surface area contributed by atoms with E-state index in [2.05, 4.69) is 14.7 Å². The van der Waals surface area contributed by atoms with Crippen molar-refractivity contribution in [3.8, 4) is 0 Å². The highest BCUT2D eigenvalue weighted by atomic mass is 35.5. The van der Waals surface area contributed by atoms with Crippen LogP contribution in [0.25, 0.3) is 0 Å². The summed E-state index contributed by atoms with van der Waals surface area (Å²) in [6.07, 6.45) is 2.50. The molecule has 19 heavy (non-hydrogen) atoms. The number of hydrogen-bond donors (Lipinski definition) is 1. The first-order valence-corrected chi connectivity index (χ1v) is 7.46. The van der Waals surface area contributed by atoms with Crippen LogP contribution in [-0.2, 0) is 10.0 Å². The molecule has 0 fully saturated rings. The van der Waals surface area contributed by atoms with Crippen LogP contribution >= 0.6 is 34.8 Å². The van der Waals surface area contributed by atoms with Gasteiger partial charge in [0.2, 0.25) is 0 Å². The molecule has 0 bridgehead atoms. The molecule has 0 spiro atoms. The van der Waals surface area contributed by atoms with Gasteiger partial charge in [0, 0.05) is 12.4 Å². The van der Waals surface area contributed by atoms with Crippen molar-refractivity contribution in [2.75, 3.05) is 4.72 Å². The van der Waals surface area contributed by atoms with Crippen LogP contribution in [0.5, 0.6) is 0 Å². The molecule has 0 aromatic carbocycles. The van der Waals surface area contributed by atoms with Crippen LogP contribution < -0.4 is 4.72 Å². The van der Waals surface area contributed by atoms with Gasteiger partial charge in [-0.15, -0.1) is 0 Å². The van der Waals surface area contributed by atoms with Crippen LogP contribution in [0, 0.1) is 0 Å². The van der Waals surface area contributed by atoms with Crippen molar-refractivity contribution in [3.63, 3.8) is 0 Å². The van der Waals surface area contributed by atoms with E-state index in [0.29, 0.717) is 0 Å². The fraction of sp³-hybridized carbons (Fsp3) is 0. The molecule has 0 amide bonds. The zero-order valence-electron chi connectivity index (χ0n) is 9.14. The molecular weight excluding hydrogens is 333 g/mol. The lowest BCUT2D eigenvalue weighted by molar-refractivity contribution is 0.600. The highest BCUT2D eigenvalue weighted by Crippen LogP contribution is 2.25. The molecule has 2 heterocycles. The molecule has 5 nitrogen and oxygen atoms in total. The van der Waals surface area contributed by atoms with Crippen LogP contribution in [0.2, 0.25) is 15.2 Å². The maximum Gasteiger partial charge on any atom is 0.264 e. The van der Waals surface area contributed by atoms with E-state index in [0.717, 1.165) is 6.20 Å². The Morgan fingerprint density at radius 2 is 1.84 bits per heavy atom. The quantitative estimate of drug-likeness (QED) is 0.872. The van der Waals surface area contributed by atoms with E-state index >= 15 is 0 Å².